The molecule has 0 aliphatic carbocycles. The molecule has 2 aromatic carbocycles. The van der Waals surface area contributed by atoms with E-state index in [1.165, 1.54) is 0 Å². The lowest BCUT2D eigenvalue weighted by Crippen LogP contribution is -1.96. The molecule has 20 heavy (non-hydrogen) atoms. The van der Waals surface area contributed by atoms with Crippen molar-refractivity contribution in [1.82, 2.24) is 0 Å². The van der Waals surface area contributed by atoms with Crippen molar-refractivity contribution in [3.8, 4) is 0 Å². The maximum Gasteiger partial charge on any atom is 0.334 e. The van der Waals surface area contributed by atoms with Gasteiger partial charge in [-0.1, -0.05) is 36.4 Å². The number of para-hydroxylation sites is 2. The maximum atomic E-state index is 11.5. The topological polar surface area (TPSA) is 38.3 Å². The Labute approximate surface area is 117 Å². The van der Waals surface area contributed by atoms with Crippen LogP contribution in [0.2, 0.25) is 0 Å². The van der Waals surface area contributed by atoms with E-state index in [0.29, 0.717) is 13.0 Å². The van der Waals surface area contributed by atoms with Gasteiger partial charge in [0, 0.05) is 23.4 Å². The molecular formula is C17H15NO2. The second-order valence-electron chi connectivity index (χ2n) is 4.63. The molecule has 1 N–H and O–H groups in total. The zero-order valence-electron chi connectivity index (χ0n) is 11.0. The van der Waals surface area contributed by atoms with E-state index < -0.39 is 0 Å². The highest BCUT2D eigenvalue weighted by molar-refractivity contribution is 5.96. The summed E-state index contributed by atoms with van der Waals surface area (Å²) in [7, 11) is 0. The van der Waals surface area contributed by atoms with Gasteiger partial charge in [-0.25, -0.2) is 4.79 Å². The first-order chi connectivity index (χ1) is 9.83. The number of cyclic esters (lactones) is 1. The lowest BCUT2D eigenvalue weighted by Gasteiger charge is -2.09. The highest BCUT2D eigenvalue weighted by Gasteiger charge is 2.18. The molecule has 0 saturated carbocycles. The first kappa shape index (κ1) is 12.5. The molecule has 2 aromatic rings. The van der Waals surface area contributed by atoms with E-state index in [1.54, 1.807) is 0 Å². The Morgan fingerprint density at radius 2 is 1.75 bits per heavy atom. The number of carbonyl (C=O) groups excluding carboxylic acids is 1. The summed E-state index contributed by atoms with van der Waals surface area (Å²) < 4.78 is 4.97. The highest BCUT2D eigenvalue weighted by atomic mass is 16.5. The van der Waals surface area contributed by atoms with Crippen LogP contribution in [0.15, 0.2) is 60.2 Å². The van der Waals surface area contributed by atoms with Crippen LogP contribution in [0, 0.1) is 0 Å². The van der Waals surface area contributed by atoms with Gasteiger partial charge < -0.3 is 10.1 Å². The average Bonchev–Trinajstić information content (AvgIpc) is 2.88. The molecule has 1 saturated heterocycles. The van der Waals surface area contributed by atoms with Crippen LogP contribution in [0.1, 0.15) is 12.0 Å². The number of esters is 1. The first-order valence-electron chi connectivity index (χ1n) is 6.62. The van der Waals surface area contributed by atoms with E-state index in [4.69, 9.17) is 4.74 Å². The molecule has 0 aromatic heterocycles. The Morgan fingerprint density at radius 1 is 1.00 bits per heavy atom. The van der Waals surface area contributed by atoms with Crippen molar-refractivity contribution in [2.24, 2.45) is 0 Å². The van der Waals surface area contributed by atoms with Gasteiger partial charge in [0.05, 0.1) is 6.61 Å². The summed E-state index contributed by atoms with van der Waals surface area (Å²) in [5.74, 6) is -0.209. The summed E-state index contributed by atoms with van der Waals surface area (Å²) in [6.45, 7) is 0.485. The molecular weight excluding hydrogens is 250 g/mol. The number of anilines is 2. The van der Waals surface area contributed by atoms with Gasteiger partial charge in [-0.15, -0.1) is 0 Å². The van der Waals surface area contributed by atoms with Gasteiger partial charge in [0.2, 0.25) is 0 Å². The Hall–Kier alpha value is -2.55. The molecule has 3 rings (SSSR count). The summed E-state index contributed by atoms with van der Waals surface area (Å²) in [6.07, 6.45) is 2.58. The van der Waals surface area contributed by atoms with E-state index >= 15 is 0 Å². The summed E-state index contributed by atoms with van der Waals surface area (Å²) in [4.78, 5) is 11.5. The van der Waals surface area contributed by atoms with Gasteiger partial charge in [-0.05, 0) is 29.8 Å². The normalized spacial score (nSPS) is 16.2. The zero-order chi connectivity index (χ0) is 13.8. The molecule has 1 aliphatic heterocycles. The van der Waals surface area contributed by atoms with Crippen LogP contribution in [0.4, 0.5) is 11.4 Å². The van der Waals surface area contributed by atoms with E-state index in [9.17, 15) is 4.79 Å². The van der Waals surface area contributed by atoms with Gasteiger partial charge in [-0.3, -0.25) is 0 Å². The number of hydrogen-bond donors (Lipinski definition) is 1. The molecule has 100 valence electrons. The predicted molar refractivity (Wildman–Crippen MR) is 79.7 cm³/mol. The summed E-state index contributed by atoms with van der Waals surface area (Å²) in [6, 6.07) is 17.9. The lowest BCUT2D eigenvalue weighted by molar-refractivity contribution is -0.134. The summed E-state index contributed by atoms with van der Waals surface area (Å²) >= 11 is 0. The molecule has 0 radical (unpaired) electrons. The fourth-order valence-corrected chi connectivity index (χ4v) is 2.18. The minimum atomic E-state index is -0.209. The van der Waals surface area contributed by atoms with Crippen molar-refractivity contribution in [3.63, 3.8) is 0 Å². The zero-order valence-corrected chi connectivity index (χ0v) is 11.0. The number of hydrogen-bond acceptors (Lipinski definition) is 3. The molecule has 1 aliphatic rings. The largest absolute Gasteiger partial charge is 0.462 e. The van der Waals surface area contributed by atoms with Crippen LogP contribution >= 0.6 is 0 Å². The molecule has 3 nitrogen and oxygen atoms in total. The molecule has 0 unspecified atom stereocenters. The highest BCUT2D eigenvalue weighted by Crippen LogP contribution is 2.25. The maximum absolute atomic E-state index is 11.5. The van der Waals surface area contributed by atoms with Crippen molar-refractivity contribution in [2.75, 3.05) is 11.9 Å². The lowest BCUT2D eigenvalue weighted by atomic mass is 10.1. The molecule has 0 amide bonds. The Morgan fingerprint density at radius 3 is 2.50 bits per heavy atom. The van der Waals surface area contributed by atoms with Crippen molar-refractivity contribution < 1.29 is 9.53 Å². The van der Waals surface area contributed by atoms with Crippen LogP contribution in [-0.2, 0) is 9.53 Å². The van der Waals surface area contributed by atoms with Gasteiger partial charge >= 0.3 is 5.97 Å². The van der Waals surface area contributed by atoms with E-state index in [-0.39, 0.29) is 5.97 Å². The van der Waals surface area contributed by atoms with Crippen LogP contribution in [0.5, 0.6) is 0 Å². The molecule has 0 atom stereocenters. The van der Waals surface area contributed by atoms with Gasteiger partial charge in [-0.2, -0.15) is 0 Å². The number of benzene rings is 2. The van der Waals surface area contributed by atoms with Crippen molar-refractivity contribution >= 4 is 23.4 Å². The average molecular weight is 265 g/mol. The van der Waals surface area contributed by atoms with E-state index in [2.05, 4.69) is 5.32 Å². The molecule has 0 bridgehead atoms. The monoisotopic (exact) mass is 265 g/mol. The van der Waals surface area contributed by atoms with Crippen molar-refractivity contribution in [3.05, 3.63) is 65.7 Å². The fraction of sp³-hybridized carbons (Fsp3) is 0.118. The number of carbonyl (C=O) groups is 1. The van der Waals surface area contributed by atoms with Crippen LogP contribution < -0.4 is 5.32 Å². The fourth-order valence-electron chi connectivity index (χ4n) is 2.18. The SMILES string of the molecule is O=C1OCC/C1=C\c1ccccc1Nc1ccccc1. The first-order valence-corrected chi connectivity index (χ1v) is 6.62. The number of rotatable bonds is 3. The Balaban J connectivity index is 1.91. The van der Waals surface area contributed by atoms with E-state index in [0.717, 1.165) is 22.5 Å². The standard InChI is InChI=1S/C17H15NO2/c19-17-14(10-11-20-17)12-13-6-4-5-9-16(13)18-15-7-2-1-3-8-15/h1-9,12,18H,10-11H2/b14-12+. The predicted octanol–water partition coefficient (Wildman–Crippen LogP) is 3.76. The second kappa shape index (κ2) is 5.61. The number of nitrogens with one attached hydrogen (secondary N) is 1. The van der Waals surface area contributed by atoms with Gasteiger partial charge in [0.25, 0.3) is 0 Å². The Kier molecular flexibility index (Phi) is 3.50. The Bertz CT molecular complexity index is 647. The minimum Gasteiger partial charge on any atom is -0.462 e. The van der Waals surface area contributed by atoms with Gasteiger partial charge in [0.1, 0.15) is 0 Å². The number of ether oxygens (including phenoxy) is 1. The van der Waals surface area contributed by atoms with Crippen molar-refractivity contribution in [1.29, 1.82) is 0 Å². The smallest absolute Gasteiger partial charge is 0.334 e. The van der Waals surface area contributed by atoms with Crippen molar-refractivity contribution in [2.45, 2.75) is 6.42 Å². The second-order valence-corrected chi connectivity index (χ2v) is 4.63. The van der Waals surface area contributed by atoms with Crippen LogP contribution in [-0.4, -0.2) is 12.6 Å². The third kappa shape index (κ3) is 2.72. The minimum absolute atomic E-state index is 0.209. The molecule has 0 spiro atoms. The van der Waals surface area contributed by atoms with Gasteiger partial charge in [0.15, 0.2) is 0 Å². The molecule has 1 heterocycles. The third-order valence-corrected chi connectivity index (χ3v) is 3.21. The van der Waals surface area contributed by atoms with Crippen LogP contribution in [0.3, 0.4) is 0 Å². The quantitative estimate of drug-likeness (QED) is 0.678. The van der Waals surface area contributed by atoms with Crippen LogP contribution in [0.25, 0.3) is 6.08 Å². The summed E-state index contributed by atoms with van der Waals surface area (Å²) in [5.41, 5.74) is 3.72. The molecule has 3 heteroatoms. The molecule has 1 fully saturated rings. The summed E-state index contributed by atoms with van der Waals surface area (Å²) in [5, 5.41) is 3.36. The van der Waals surface area contributed by atoms with E-state index in [1.807, 2.05) is 60.7 Å². The third-order valence-electron chi connectivity index (χ3n) is 3.21.